The van der Waals surface area contributed by atoms with Gasteiger partial charge in [0, 0.05) is 32.7 Å². The maximum absolute atomic E-state index is 6.21. The molecule has 6 nitrogen and oxygen atoms in total. The largest absolute Gasteiger partial charge is 0.494 e. The Morgan fingerprint density at radius 2 is 0.678 bits per heavy atom. The molecular formula is C53H81N3O3. The minimum atomic E-state index is 0.0762. The molecule has 3 aromatic carbocycles. The molecule has 3 fully saturated rings. The van der Waals surface area contributed by atoms with Gasteiger partial charge in [0.1, 0.15) is 17.2 Å². The Bertz CT molecular complexity index is 1490. The van der Waals surface area contributed by atoms with E-state index in [1.54, 1.807) is 0 Å². The van der Waals surface area contributed by atoms with Crippen molar-refractivity contribution in [1.29, 1.82) is 0 Å². The third-order valence-electron chi connectivity index (χ3n) is 13.8. The summed E-state index contributed by atoms with van der Waals surface area (Å²) in [5.74, 6) is 3.01. The van der Waals surface area contributed by atoms with E-state index in [0.717, 1.165) is 89.1 Å². The van der Waals surface area contributed by atoms with Crippen molar-refractivity contribution in [3.05, 3.63) is 89.5 Å². The molecule has 3 aliphatic heterocycles. The van der Waals surface area contributed by atoms with Crippen LogP contribution in [-0.4, -0.2) is 58.9 Å². The lowest BCUT2D eigenvalue weighted by Gasteiger charge is -2.63. The van der Waals surface area contributed by atoms with Crippen LogP contribution in [0.15, 0.2) is 72.8 Å². The van der Waals surface area contributed by atoms with Gasteiger partial charge in [0.25, 0.3) is 0 Å². The Morgan fingerprint density at radius 1 is 0.373 bits per heavy atom. The van der Waals surface area contributed by atoms with Crippen LogP contribution in [0.1, 0.15) is 179 Å². The van der Waals surface area contributed by atoms with Crippen molar-refractivity contribution in [1.82, 2.24) is 14.7 Å². The highest BCUT2D eigenvalue weighted by molar-refractivity contribution is 5.31. The van der Waals surface area contributed by atoms with Gasteiger partial charge in [-0.25, -0.2) is 0 Å². The molecule has 0 radical (unpaired) electrons. The van der Waals surface area contributed by atoms with Crippen LogP contribution in [-0.2, 0) is 19.6 Å². The molecule has 0 bridgehead atoms. The first-order valence-electron chi connectivity index (χ1n) is 24.5. The SMILES string of the molecule is CCCCCCCCOc1ccc(CN2CCC23CCC2(CCN2Cc2ccc(OCCCCCCCC)cc2)N3Cc2ccc(OCCCCCCCC)cc2)cc1. The zero-order chi connectivity index (χ0) is 41.0. The smallest absolute Gasteiger partial charge is 0.119 e. The lowest BCUT2D eigenvalue weighted by Crippen LogP contribution is -2.74. The van der Waals surface area contributed by atoms with Crippen LogP contribution in [0.5, 0.6) is 17.2 Å². The van der Waals surface area contributed by atoms with Crippen LogP contribution in [0.2, 0.25) is 0 Å². The number of benzene rings is 3. The molecule has 0 saturated carbocycles. The summed E-state index contributed by atoms with van der Waals surface area (Å²) in [5.41, 5.74) is 4.30. The Hall–Kier alpha value is -3.06. The quantitative estimate of drug-likeness (QED) is 0.0625. The van der Waals surface area contributed by atoms with E-state index < -0.39 is 0 Å². The predicted molar refractivity (Wildman–Crippen MR) is 246 cm³/mol. The number of ether oxygens (including phenoxy) is 3. The summed E-state index contributed by atoms with van der Waals surface area (Å²) in [5, 5.41) is 0. The van der Waals surface area contributed by atoms with Gasteiger partial charge >= 0.3 is 0 Å². The number of likely N-dealkylation sites (tertiary alicyclic amines) is 3. The van der Waals surface area contributed by atoms with Gasteiger partial charge in [-0.1, -0.05) is 153 Å². The average molecular weight is 808 g/mol. The van der Waals surface area contributed by atoms with E-state index in [2.05, 4.69) is 108 Å². The second-order valence-electron chi connectivity index (χ2n) is 18.2. The lowest BCUT2D eigenvalue weighted by molar-refractivity contribution is -0.215. The first kappa shape index (κ1) is 45.5. The summed E-state index contributed by atoms with van der Waals surface area (Å²) >= 11 is 0. The second kappa shape index (κ2) is 24.4. The molecule has 6 rings (SSSR count). The summed E-state index contributed by atoms with van der Waals surface area (Å²) in [6.45, 7) is 14.5. The van der Waals surface area contributed by atoms with E-state index in [1.807, 2.05) is 0 Å². The second-order valence-corrected chi connectivity index (χ2v) is 18.2. The minimum Gasteiger partial charge on any atom is -0.494 e. The van der Waals surface area contributed by atoms with Gasteiger partial charge in [-0.3, -0.25) is 14.7 Å². The van der Waals surface area contributed by atoms with Crippen LogP contribution in [0.4, 0.5) is 0 Å². The molecule has 3 saturated heterocycles. The maximum atomic E-state index is 6.21. The zero-order valence-electron chi connectivity index (χ0n) is 37.7. The van der Waals surface area contributed by atoms with Crippen LogP contribution in [0, 0.1) is 0 Å². The molecule has 0 N–H and O–H groups in total. The van der Waals surface area contributed by atoms with E-state index in [0.29, 0.717) is 0 Å². The molecule has 3 aliphatic rings. The van der Waals surface area contributed by atoms with Gasteiger partial charge in [-0.2, -0.15) is 0 Å². The van der Waals surface area contributed by atoms with Crippen LogP contribution in [0.25, 0.3) is 0 Å². The van der Waals surface area contributed by atoms with Gasteiger partial charge in [-0.15, -0.1) is 0 Å². The van der Waals surface area contributed by atoms with Crippen molar-refractivity contribution in [2.45, 2.75) is 193 Å². The standard InChI is InChI=1S/C53H81N3O3/c1-4-7-10-13-16-19-40-57-49-28-22-46(23-29-49)43-54-38-36-52(54)34-35-53(56(52)45-48-26-32-51(33-27-48)59-42-21-18-15-12-9-6-3)37-39-55(53)44-47-24-30-50(31-25-47)58-41-20-17-14-11-8-5-2/h22-33H,4-21,34-45H2,1-3H3. The molecule has 0 aliphatic carbocycles. The van der Waals surface area contributed by atoms with E-state index in [4.69, 9.17) is 14.2 Å². The summed E-state index contributed by atoms with van der Waals surface area (Å²) in [7, 11) is 0. The normalized spacial score (nSPS) is 20.6. The van der Waals surface area contributed by atoms with Gasteiger partial charge < -0.3 is 14.2 Å². The van der Waals surface area contributed by atoms with Gasteiger partial charge in [0.05, 0.1) is 31.1 Å². The van der Waals surface area contributed by atoms with Crippen molar-refractivity contribution >= 4 is 0 Å². The van der Waals surface area contributed by atoms with Crippen LogP contribution in [0.3, 0.4) is 0 Å². The summed E-state index contributed by atoms with van der Waals surface area (Å²) < 4.78 is 18.5. The minimum absolute atomic E-state index is 0.0762. The highest BCUT2D eigenvalue weighted by Crippen LogP contribution is 2.56. The average Bonchev–Trinajstić information content (AvgIpc) is 3.63. The van der Waals surface area contributed by atoms with Crippen molar-refractivity contribution < 1.29 is 14.2 Å². The summed E-state index contributed by atoms with van der Waals surface area (Å²) in [4.78, 5) is 8.52. The number of rotatable bonds is 30. The molecule has 0 amide bonds. The first-order chi connectivity index (χ1) is 29.1. The van der Waals surface area contributed by atoms with E-state index in [-0.39, 0.29) is 11.3 Å². The zero-order valence-corrected chi connectivity index (χ0v) is 37.7. The molecule has 326 valence electrons. The fourth-order valence-electron chi connectivity index (χ4n) is 9.95. The van der Waals surface area contributed by atoms with Crippen molar-refractivity contribution in [2.75, 3.05) is 32.9 Å². The first-order valence-corrected chi connectivity index (χ1v) is 24.5. The molecule has 3 aromatic rings. The topological polar surface area (TPSA) is 37.4 Å². The molecule has 2 unspecified atom stereocenters. The lowest BCUT2D eigenvalue weighted by atomic mass is 9.89. The summed E-state index contributed by atoms with van der Waals surface area (Å²) in [6, 6.07) is 27.1. The molecule has 2 spiro atoms. The van der Waals surface area contributed by atoms with Crippen molar-refractivity contribution in [3.63, 3.8) is 0 Å². The molecule has 2 atom stereocenters. The molecule has 0 aromatic heterocycles. The van der Waals surface area contributed by atoms with Gasteiger partial charge in [-0.05, 0) is 98.0 Å². The van der Waals surface area contributed by atoms with Gasteiger partial charge in [0.15, 0.2) is 0 Å². The molecule has 6 heteroatoms. The number of hydrogen-bond acceptors (Lipinski definition) is 6. The predicted octanol–water partition coefficient (Wildman–Crippen LogP) is 13.7. The van der Waals surface area contributed by atoms with Crippen LogP contribution >= 0.6 is 0 Å². The summed E-state index contributed by atoms with van der Waals surface area (Å²) in [6.07, 6.45) is 28.1. The number of hydrogen-bond donors (Lipinski definition) is 0. The Balaban J connectivity index is 1.08. The Kier molecular flexibility index (Phi) is 18.8. The maximum Gasteiger partial charge on any atom is 0.119 e. The number of nitrogens with zero attached hydrogens (tertiary/aromatic N) is 3. The van der Waals surface area contributed by atoms with Crippen molar-refractivity contribution in [2.24, 2.45) is 0 Å². The molecule has 59 heavy (non-hydrogen) atoms. The highest BCUT2D eigenvalue weighted by Gasteiger charge is 2.64. The molecule has 3 heterocycles. The van der Waals surface area contributed by atoms with Crippen LogP contribution < -0.4 is 14.2 Å². The number of unbranched alkanes of at least 4 members (excludes halogenated alkanes) is 15. The van der Waals surface area contributed by atoms with E-state index in [1.165, 1.54) is 139 Å². The fourth-order valence-corrected chi connectivity index (χ4v) is 9.95. The monoisotopic (exact) mass is 808 g/mol. The Morgan fingerprint density at radius 3 is 0.983 bits per heavy atom. The third-order valence-corrected chi connectivity index (χ3v) is 13.8. The fraction of sp³-hybridized carbons (Fsp3) is 0.660. The highest BCUT2D eigenvalue weighted by atomic mass is 16.5. The van der Waals surface area contributed by atoms with E-state index >= 15 is 0 Å². The van der Waals surface area contributed by atoms with E-state index in [9.17, 15) is 0 Å². The third kappa shape index (κ3) is 13.0. The molecular weight excluding hydrogens is 727 g/mol. The van der Waals surface area contributed by atoms with Gasteiger partial charge in [0.2, 0.25) is 0 Å². The van der Waals surface area contributed by atoms with Crippen molar-refractivity contribution in [3.8, 4) is 17.2 Å². The Labute approximate surface area is 360 Å².